The van der Waals surface area contributed by atoms with Crippen molar-refractivity contribution in [1.82, 2.24) is 0 Å². The summed E-state index contributed by atoms with van der Waals surface area (Å²) in [5.41, 5.74) is 0.883. The van der Waals surface area contributed by atoms with E-state index in [-0.39, 0.29) is 5.91 Å². The highest BCUT2D eigenvalue weighted by molar-refractivity contribution is 6.34. The summed E-state index contributed by atoms with van der Waals surface area (Å²) in [5.74, 6) is -0.259. The van der Waals surface area contributed by atoms with Gasteiger partial charge in [-0.25, -0.2) is 4.79 Å². The lowest BCUT2D eigenvalue weighted by atomic mass is 10.2. The Hall–Kier alpha value is -2.53. The average Bonchev–Trinajstić information content (AvgIpc) is 2.49. The largest absolute Gasteiger partial charge is 0.444 e. The fourth-order valence-electron chi connectivity index (χ4n) is 1.90. The topological polar surface area (TPSA) is 67.4 Å². The van der Waals surface area contributed by atoms with Crippen molar-refractivity contribution in [1.29, 1.82) is 0 Å². The molecule has 2 N–H and O–H groups in total. The van der Waals surface area contributed by atoms with E-state index in [4.69, 9.17) is 16.3 Å². The summed E-state index contributed by atoms with van der Waals surface area (Å²) in [6.07, 6.45) is -0.570. The Labute approximate surface area is 146 Å². The molecule has 5 nitrogen and oxygen atoms in total. The molecule has 0 fully saturated rings. The number of ether oxygens (including phenoxy) is 1. The molecule has 6 heteroatoms. The maximum Gasteiger partial charge on any atom is 0.412 e. The Balaban J connectivity index is 2.04. The van der Waals surface area contributed by atoms with Gasteiger partial charge in [0.2, 0.25) is 0 Å². The molecule has 0 saturated heterocycles. The first-order chi connectivity index (χ1) is 11.2. The van der Waals surface area contributed by atoms with E-state index in [1.165, 1.54) is 0 Å². The lowest BCUT2D eigenvalue weighted by Crippen LogP contribution is -2.27. The van der Waals surface area contributed by atoms with E-state index in [9.17, 15) is 9.59 Å². The second-order valence-corrected chi connectivity index (χ2v) is 6.55. The lowest BCUT2D eigenvalue weighted by molar-refractivity contribution is 0.0635. The van der Waals surface area contributed by atoms with E-state index in [0.717, 1.165) is 0 Å². The van der Waals surface area contributed by atoms with Crippen LogP contribution < -0.4 is 10.6 Å². The minimum absolute atomic E-state index is 0.259. The minimum atomic E-state index is -0.586. The second-order valence-electron chi connectivity index (χ2n) is 6.14. The van der Waals surface area contributed by atoms with Gasteiger partial charge in [0.05, 0.1) is 10.7 Å². The van der Waals surface area contributed by atoms with Crippen LogP contribution in [-0.4, -0.2) is 17.6 Å². The van der Waals surface area contributed by atoms with Gasteiger partial charge in [-0.3, -0.25) is 10.1 Å². The number of hydrogen-bond donors (Lipinski definition) is 2. The third-order valence-corrected chi connectivity index (χ3v) is 3.21. The number of hydrogen-bond acceptors (Lipinski definition) is 3. The highest BCUT2D eigenvalue weighted by Crippen LogP contribution is 2.26. The van der Waals surface area contributed by atoms with Crippen LogP contribution in [-0.2, 0) is 4.74 Å². The molecule has 0 atom stereocenters. The van der Waals surface area contributed by atoms with Crippen molar-refractivity contribution in [3.8, 4) is 0 Å². The molecule has 0 aliphatic carbocycles. The van der Waals surface area contributed by atoms with E-state index in [0.29, 0.717) is 22.0 Å². The molecule has 2 rings (SSSR count). The number of carbonyl (C=O) groups is 2. The molecule has 2 aromatic rings. The number of anilines is 2. The van der Waals surface area contributed by atoms with Gasteiger partial charge in [0.25, 0.3) is 5.91 Å². The zero-order chi connectivity index (χ0) is 17.7. The van der Waals surface area contributed by atoms with E-state index in [1.54, 1.807) is 63.2 Å². The van der Waals surface area contributed by atoms with Crippen LogP contribution in [0.1, 0.15) is 31.1 Å². The Morgan fingerprint density at radius 2 is 1.67 bits per heavy atom. The first-order valence-corrected chi connectivity index (χ1v) is 7.78. The van der Waals surface area contributed by atoms with Gasteiger partial charge >= 0.3 is 6.09 Å². The molecule has 0 bridgehead atoms. The predicted molar refractivity (Wildman–Crippen MR) is 95.7 cm³/mol. The van der Waals surface area contributed by atoms with Gasteiger partial charge in [-0.2, -0.15) is 0 Å². The SMILES string of the molecule is CC(C)(C)OC(=O)Nc1ccc(NC(=O)c2ccccc2)c(Cl)c1. The molecule has 2 amide bonds. The lowest BCUT2D eigenvalue weighted by Gasteiger charge is -2.19. The summed E-state index contributed by atoms with van der Waals surface area (Å²) in [5, 5.41) is 5.64. The van der Waals surface area contributed by atoms with Crippen LogP contribution in [0.15, 0.2) is 48.5 Å². The molecule has 0 aliphatic heterocycles. The summed E-state index contributed by atoms with van der Waals surface area (Å²) in [6.45, 7) is 5.34. The number of amides is 2. The summed E-state index contributed by atoms with van der Waals surface area (Å²) in [6, 6.07) is 13.6. The molecular formula is C18H19ClN2O3. The van der Waals surface area contributed by atoms with Crippen molar-refractivity contribution in [2.24, 2.45) is 0 Å². The Morgan fingerprint density at radius 3 is 2.25 bits per heavy atom. The quantitative estimate of drug-likeness (QED) is 0.827. The molecule has 0 aromatic heterocycles. The van der Waals surface area contributed by atoms with Crippen LogP contribution in [0.2, 0.25) is 5.02 Å². The van der Waals surface area contributed by atoms with Crippen LogP contribution >= 0.6 is 11.6 Å². The zero-order valence-corrected chi connectivity index (χ0v) is 14.5. The van der Waals surface area contributed by atoms with Crippen molar-refractivity contribution < 1.29 is 14.3 Å². The van der Waals surface area contributed by atoms with E-state index in [2.05, 4.69) is 10.6 Å². The molecule has 0 unspecified atom stereocenters. The van der Waals surface area contributed by atoms with Gasteiger partial charge in [0.1, 0.15) is 5.60 Å². The van der Waals surface area contributed by atoms with Crippen LogP contribution in [0, 0.1) is 0 Å². The average molecular weight is 347 g/mol. The third-order valence-electron chi connectivity index (χ3n) is 2.90. The number of rotatable bonds is 3. The summed E-state index contributed by atoms with van der Waals surface area (Å²) >= 11 is 6.17. The summed E-state index contributed by atoms with van der Waals surface area (Å²) in [4.78, 5) is 23.9. The normalized spacial score (nSPS) is 10.8. The first-order valence-electron chi connectivity index (χ1n) is 7.40. The van der Waals surface area contributed by atoms with Gasteiger partial charge in [0.15, 0.2) is 0 Å². The Kier molecular flexibility index (Phi) is 5.46. The number of nitrogens with one attached hydrogen (secondary N) is 2. The molecule has 0 saturated carbocycles. The number of halogens is 1. The van der Waals surface area contributed by atoms with Gasteiger partial charge in [-0.1, -0.05) is 29.8 Å². The monoisotopic (exact) mass is 346 g/mol. The van der Waals surface area contributed by atoms with Crippen LogP contribution in [0.5, 0.6) is 0 Å². The molecule has 0 spiro atoms. The fraction of sp³-hybridized carbons (Fsp3) is 0.222. The summed E-state index contributed by atoms with van der Waals surface area (Å²) < 4.78 is 5.17. The second kappa shape index (κ2) is 7.36. The molecule has 126 valence electrons. The van der Waals surface area contributed by atoms with Crippen molar-refractivity contribution in [3.63, 3.8) is 0 Å². The van der Waals surface area contributed by atoms with Crippen molar-refractivity contribution in [3.05, 3.63) is 59.1 Å². The van der Waals surface area contributed by atoms with Crippen molar-refractivity contribution in [2.45, 2.75) is 26.4 Å². The Bertz CT molecular complexity index is 740. The first kappa shape index (κ1) is 17.8. The molecular weight excluding hydrogens is 328 g/mol. The van der Waals surface area contributed by atoms with Gasteiger partial charge < -0.3 is 10.1 Å². The zero-order valence-electron chi connectivity index (χ0n) is 13.7. The smallest absolute Gasteiger partial charge is 0.412 e. The van der Waals surface area contributed by atoms with Gasteiger partial charge in [-0.15, -0.1) is 0 Å². The fourth-order valence-corrected chi connectivity index (χ4v) is 2.13. The summed E-state index contributed by atoms with van der Waals surface area (Å²) in [7, 11) is 0. The number of benzene rings is 2. The van der Waals surface area contributed by atoms with Crippen LogP contribution in [0.25, 0.3) is 0 Å². The molecule has 0 aliphatic rings. The van der Waals surface area contributed by atoms with Gasteiger partial charge in [0, 0.05) is 11.3 Å². The molecule has 2 aromatic carbocycles. The van der Waals surface area contributed by atoms with Crippen LogP contribution in [0.4, 0.5) is 16.2 Å². The molecule has 0 heterocycles. The standard InChI is InChI=1S/C18H19ClN2O3/c1-18(2,3)24-17(23)20-13-9-10-15(14(19)11-13)21-16(22)12-7-5-4-6-8-12/h4-11H,1-3H3,(H,20,23)(H,21,22). The van der Waals surface area contributed by atoms with E-state index >= 15 is 0 Å². The Morgan fingerprint density at radius 1 is 1.00 bits per heavy atom. The predicted octanol–water partition coefficient (Wildman–Crippen LogP) is 4.94. The van der Waals surface area contributed by atoms with Crippen molar-refractivity contribution >= 4 is 35.0 Å². The third kappa shape index (κ3) is 5.28. The van der Waals surface area contributed by atoms with Crippen molar-refractivity contribution in [2.75, 3.05) is 10.6 Å². The van der Waals surface area contributed by atoms with E-state index < -0.39 is 11.7 Å². The maximum atomic E-state index is 12.1. The van der Waals surface area contributed by atoms with E-state index in [1.807, 2.05) is 6.07 Å². The molecule has 0 radical (unpaired) electrons. The number of carbonyl (C=O) groups excluding carboxylic acids is 2. The molecule has 24 heavy (non-hydrogen) atoms. The maximum absolute atomic E-state index is 12.1. The van der Waals surface area contributed by atoms with Crippen LogP contribution in [0.3, 0.4) is 0 Å². The highest BCUT2D eigenvalue weighted by Gasteiger charge is 2.16. The minimum Gasteiger partial charge on any atom is -0.444 e. The highest BCUT2D eigenvalue weighted by atomic mass is 35.5. The van der Waals surface area contributed by atoms with Gasteiger partial charge in [-0.05, 0) is 51.1 Å².